The number of esters is 1. The number of aromatic amines is 1. The molecule has 2 heterocycles. The first-order chi connectivity index (χ1) is 13.2. The number of amides is 1. The lowest BCUT2D eigenvalue weighted by Gasteiger charge is -2.04. The van der Waals surface area contributed by atoms with E-state index in [2.05, 4.69) is 9.98 Å². The summed E-state index contributed by atoms with van der Waals surface area (Å²) in [6.07, 6.45) is 1.67. The zero-order valence-electron chi connectivity index (χ0n) is 14.6. The van der Waals surface area contributed by atoms with Crippen molar-refractivity contribution in [3.05, 3.63) is 65.1 Å². The van der Waals surface area contributed by atoms with Crippen LogP contribution in [0.15, 0.2) is 59.7 Å². The van der Waals surface area contributed by atoms with Crippen LogP contribution in [0, 0.1) is 0 Å². The summed E-state index contributed by atoms with van der Waals surface area (Å²) in [5.41, 5.74) is 2.23. The number of nitrogens with zero attached hydrogens (tertiary/aromatic N) is 2. The molecule has 1 N–H and O–H groups in total. The van der Waals surface area contributed by atoms with Gasteiger partial charge in [0, 0.05) is 17.1 Å². The lowest BCUT2D eigenvalue weighted by atomic mass is 10.2. The second-order valence-corrected chi connectivity index (χ2v) is 6.92. The van der Waals surface area contributed by atoms with E-state index in [-0.39, 0.29) is 18.4 Å². The van der Waals surface area contributed by atoms with E-state index < -0.39 is 0 Å². The molecule has 0 fully saturated rings. The Morgan fingerprint density at radius 3 is 2.78 bits per heavy atom. The number of hydrogen-bond acceptors (Lipinski definition) is 4. The zero-order valence-corrected chi connectivity index (χ0v) is 15.5. The van der Waals surface area contributed by atoms with E-state index in [0.29, 0.717) is 17.0 Å². The van der Waals surface area contributed by atoms with Gasteiger partial charge in [-0.3, -0.25) is 9.59 Å². The quantitative estimate of drug-likeness (QED) is 0.552. The van der Waals surface area contributed by atoms with Crippen LogP contribution in [-0.4, -0.2) is 28.0 Å². The van der Waals surface area contributed by atoms with Crippen LogP contribution in [0.25, 0.3) is 21.1 Å². The number of rotatable bonds is 4. The van der Waals surface area contributed by atoms with E-state index in [1.807, 2.05) is 48.5 Å². The average molecular weight is 379 g/mol. The fourth-order valence-corrected chi connectivity index (χ4v) is 4.02. The van der Waals surface area contributed by atoms with Gasteiger partial charge < -0.3 is 14.3 Å². The first-order valence-corrected chi connectivity index (χ1v) is 9.38. The molecule has 0 aliphatic carbocycles. The number of H-pyrrole nitrogens is 1. The van der Waals surface area contributed by atoms with Gasteiger partial charge in [-0.2, -0.15) is 4.99 Å². The van der Waals surface area contributed by atoms with Crippen LogP contribution in [0.4, 0.5) is 0 Å². The number of thiazole rings is 1. The topological polar surface area (TPSA) is 76.5 Å². The van der Waals surface area contributed by atoms with Crippen molar-refractivity contribution in [1.29, 1.82) is 0 Å². The van der Waals surface area contributed by atoms with Crippen molar-refractivity contribution in [1.82, 2.24) is 9.55 Å². The summed E-state index contributed by atoms with van der Waals surface area (Å²) in [5.74, 6) is -0.710. The molecule has 27 heavy (non-hydrogen) atoms. The molecule has 0 unspecified atom stereocenters. The molecule has 2 aromatic carbocycles. The molecule has 0 spiro atoms. The minimum atomic E-state index is -0.359. The first-order valence-electron chi connectivity index (χ1n) is 8.56. The molecule has 7 heteroatoms. The molecule has 0 saturated carbocycles. The summed E-state index contributed by atoms with van der Waals surface area (Å²) in [6, 6.07) is 15.2. The Bertz CT molecular complexity index is 1220. The third-order valence-corrected chi connectivity index (χ3v) is 5.26. The van der Waals surface area contributed by atoms with Crippen LogP contribution in [0.3, 0.4) is 0 Å². The van der Waals surface area contributed by atoms with Gasteiger partial charge in [-0.15, -0.1) is 0 Å². The molecule has 4 rings (SSSR count). The number of benzene rings is 2. The predicted octanol–water partition coefficient (Wildman–Crippen LogP) is 3.49. The molecule has 1 amide bonds. The summed E-state index contributed by atoms with van der Waals surface area (Å²) < 4.78 is 7.75. The molecule has 2 aromatic heterocycles. The summed E-state index contributed by atoms with van der Waals surface area (Å²) in [5, 5.41) is 0.823. The smallest absolute Gasteiger partial charge is 0.326 e. The standard InChI is InChI=1S/C20H17N3O3S/c1-2-26-18(24)12-23-16-9-5-6-10-17(16)27-20(23)22-19(25)14-11-21-15-8-4-3-7-13(14)15/h3-11,21H,2,12H2,1H3. The Kier molecular flexibility index (Phi) is 4.60. The van der Waals surface area contributed by atoms with Crippen molar-refractivity contribution in [2.45, 2.75) is 13.5 Å². The van der Waals surface area contributed by atoms with Gasteiger partial charge in [-0.05, 0) is 25.1 Å². The van der Waals surface area contributed by atoms with Crippen LogP contribution in [0.5, 0.6) is 0 Å². The fourth-order valence-electron chi connectivity index (χ4n) is 2.99. The van der Waals surface area contributed by atoms with Crippen LogP contribution in [0.1, 0.15) is 17.3 Å². The van der Waals surface area contributed by atoms with Gasteiger partial charge in [-0.1, -0.05) is 41.7 Å². The Hall–Kier alpha value is -3.19. The van der Waals surface area contributed by atoms with E-state index in [1.54, 1.807) is 17.7 Å². The van der Waals surface area contributed by atoms with Crippen LogP contribution in [-0.2, 0) is 16.1 Å². The van der Waals surface area contributed by atoms with Gasteiger partial charge >= 0.3 is 5.97 Å². The van der Waals surface area contributed by atoms with Gasteiger partial charge in [-0.25, -0.2) is 0 Å². The van der Waals surface area contributed by atoms with Gasteiger partial charge in [0.2, 0.25) is 0 Å². The molecule has 0 aliphatic heterocycles. The largest absolute Gasteiger partial charge is 0.465 e. The molecule has 136 valence electrons. The van der Waals surface area contributed by atoms with Crippen LogP contribution >= 0.6 is 11.3 Å². The van der Waals surface area contributed by atoms with E-state index >= 15 is 0 Å². The highest BCUT2D eigenvalue weighted by Crippen LogP contribution is 2.20. The maximum absolute atomic E-state index is 12.8. The summed E-state index contributed by atoms with van der Waals surface area (Å²) in [4.78, 5) is 32.7. The molecule has 4 aromatic rings. The molecular weight excluding hydrogens is 362 g/mol. The second-order valence-electron chi connectivity index (χ2n) is 5.91. The molecule has 0 aliphatic rings. The number of para-hydroxylation sites is 2. The van der Waals surface area contributed by atoms with Gasteiger partial charge in [0.1, 0.15) is 6.54 Å². The van der Waals surface area contributed by atoms with E-state index in [0.717, 1.165) is 21.1 Å². The summed E-state index contributed by atoms with van der Waals surface area (Å²) in [6.45, 7) is 2.08. The number of carbonyl (C=O) groups excluding carboxylic acids is 2. The Labute approximate surface area is 158 Å². The number of hydrogen-bond donors (Lipinski definition) is 1. The van der Waals surface area contributed by atoms with Crippen molar-refractivity contribution >= 4 is 44.3 Å². The number of carbonyl (C=O) groups is 2. The highest BCUT2D eigenvalue weighted by Gasteiger charge is 2.14. The number of nitrogens with one attached hydrogen (secondary N) is 1. The van der Waals surface area contributed by atoms with Crippen molar-refractivity contribution < 1.29 is 14.3 Å². The molecule has 0 atom stereocenters. The summed E-state index contributed by atoms with van der Waals surface area (Å²) >= 11 is 1.37. The highest BCUT2D eigenvalue weighted by molar-refractivity contribution is 7.16. The van der Waals surface area contributed by atoms with Crippen molar-refractivity contribution in [3.8, 4) is 0 Å². The normalized spacial score (nSPS) is 12.0. The van der Waals surface area contributed by atoms with Gasteiger partial charge in [0.15, 0.2) is 4.80 Å². The monoisotopic (exact) mass is 379 g/mol. The minimum Gasteiger partial charge on any atom is -0.465 e. The van der Waals surface area contributed by atoms with Gasteiger partial charge in [0.25, 0.3) is 5.91 Å². The lowest BCUT2D eigenvalue weighted by Crippen LogP contribution is -2.23. The van der Waals surface area contributed by atoms with E-state index in [4.69, 9.17) is 4.74 Å². The first kappa shape index (κ1) is 17.2. The van der Waals surface area contributed by atoms with Gasteiger partial charge in [0.05, 0.1) is 22.4 Å². The molecule has 6 nitrogen and oxygen atoms in total. The molecule has 0 saturated heterocycles. The lowest BCUT2D eigenvalue weighted by molar-refractivity contribution is -0.143. The predicted molar refractivity (Wildman–Crippen MR) is 105 cm³/mol. The number of ether oxygens (including phenoxy) is 1. The van der Waals surface area contributed by atoms with E-state index in [1.165, 1.54) is 11.3 Å². The minimum absolute atomic E-state index is 0.0118. The van der Waals surface area contributed by atoms with Crippen LogP contribution in [0.2, 0.25) is 0 Å². The zero-order chi connectivity index (χ0) is 18.8. The van der Waals surface area contributed by atoms with E-state index in [9.17, 15) is 9.59 Å². The molecule has 0 bridgehead atoms. The third kappa shape index (κ3) is 3.29. The highest BCUT2D eigenvalue weighted by atomic mass is 32.1. The third-order valence-electron chi connectivity index (χ3n) is 4.20. The Balaban J connectivity index is 1.82. The Morgan fingerprint density at radius 1 is 1.15 bits per heavy atom. The SMILES string of the molecule is CCOC(=O)Cn1c(=NC(=O)c2c[nH]c3ccccc23)sc2ccccc21. The Morgan fingerprint density at radius 2 is 1.93 bits per heavy atom. The number of fused-ring (bicyclic) bond motifs is 2. The fraction of sp³-hybridized carbons (Fsp3) is 0.150. The molecule has 0 radical (unpaired) electrons. The molecular formula is C20H17N3O3S. The average Bonchev–Trinajstić information content (AvgIpc) is 3.24. The van der Waals surface area contributed by atoms with Crippen molar-refractivity contribution in [2.75, 3.05) is 6.61 Å². The number of aromatic nitrogens is 2. The maximum Gasteiger partial charge on any atom is 0.326 e. The van der Waals surface area contributed by atoms with Crippen molar-refractivity contribution in [3.63, 3.8) is 0 Å². The summed E-state index contributed by atoms with van der Waals surface area (Å²) in [7, 11) is 0. The maximum atomic E-state index is 12.8. The van der Waals surface area contributed by atoms with Crippen LogP contribution < -0.4 is 4.80 Å². The van der Waals surface area contributed by atoms with Crippen molar-refractivity contribution in [2.24, 2.45) is 4.99 Å². The second kappa shape index (κ2) is 7.20.